The fourth-order valence-corrected chi connectivity index (χ4v) is 1.22. The summed E-state index contributed by atoms with van der Waals surface area (Å²) in [6.45, 7) is 0. The highest BCUT2D eigenvalue weighted by Crippen LogP contribution is 1.99. The Morgan fingerprint density at radius 3 is 2.73 bits per heavy atom. The van der Waals surface area contributed by atoms with Gasteiger partial charge >= 0.3 is 10.2 Å². The third kappa shape index (κ3) is 3.18. The summed E-state index contributed by atoms with van der Waals surface area (Å²) in [4.78, 5) is 2.78. The van der Waals surface area contributed by atoms with E-state index in [-0.39, 0.29) is 6.42 Å². The molecule has 62 valence electrons. The third-order valence-corrected chi connectivity index (χ3v) is 1.97. The summed E-state index contributed by atoms with van der Waals surface area (Å²) in [5.41, 5.74) is 0.728. The van der Waals surface area contributed by atoms with Crippen LogP contribution in [0.4, 0.5) is 3.89 Å². The molecule has 0 aliphatic heterocycles. The van der Waals surface area contributed by atoms with Crippen molar-refractivity contribution in [2.45, 2.75) is 6.42 Å². The van der Waals surface area contributed by atoms with Crippen LogP contribution in [-0.4, -0.2) is 19.2 Å². The van der Waals surface area contributed by atoms with Crippen LogP contribution in [0.2, 0.25) is 0 Å². The van der Waals surface area contributed by atoms with Gasteiger partial charge in [-0.1, -0.05) is 0 Å². The fraction of sp³-hybridized carbons (Fsp3) is 0.333. The smallest absolute Gasteiger partial charge is 0.302 e. The fourth-order valence-electron chi connectivity index (χ4n) is 0.755. The summed E-state index contributed by atoms with van der Waals surface area (Å²) >= 11 is 0. The van der Waals surface area contributed by atoms with E-state index in [0.717, 1.165) is 5.69 Å². The predicted molar refractivity (Wildman–Crippen MR) is 39.4 cm³/mol. The number of aromatic amines is 1. The van der Waals surface area contributed by atoms with Crippen molar-refractivity contribution in [2.24, 2.45) is 0 Å². The van der Waals surface area contributed by atoms with E-state index in [4.69, 9.17) is 0 Å². The monoisotopic (exact) mass is 177 g/mol. The van der Waals surface area contributed by atoms with Gasteiger partial charge in [-0.3, -0.25) is 0 Å². The van der Waals surface area contributed by atoms with Crippen LogP contribution in [0.15, 0.2) is 18.3 Å². The first-order valence-corrected chi connectivity index (χ1v) is 4.68. The van der Waals surface area contributed by atoms with Gasteiger partial charge in [0, 0.05) is 18.3 Å². The highest BCUT2D eigenvalue weighted by molar-refractivity contribution is 7.86. The van der Waals surface area contributed by atoms with Crippen molar-refractivity contribution in [3.63, 3.8) is 0 Å². The van der Waals surface area contributed by atoms with Crippen LogP contribution in [0, 0.1) is 0 Å². The maximum atomic E-state index is 11.9. The number of nitrogens with one attached hydrogen (secondary N) is 1. The number of hydrogen-bond donors (Lipinski definition) is 1. The average molecular weight is 177 g/mol. The Hall–Kier alpha value is -0.840. The minimum Gasteiger partial charge on any atom is -0.365 e. The summed E-state index contributed by atoms with van der Waals surface area (Å²) < 4.78 is 32.0. The second kappa shape index (κ2) is 3.04. The summed E-state index contributed by atoms with van der Waals surface area (Å²) in [5.74, 6) is -0.451. The molecular weight excluding hydrogens is 169 g/mol. The molecule has 3 nitrogen and oxygen atoms in total. The van der Waals surface area contributed by atoms with Gasteiger partial charge in [0.05, 0.1) is 5.75 Å². The number of aromatic nitrogens is 1. The molecule has 0 spiro atoms. The molecule has 0 atom stereocenters. The molecule has 0 amide bonds. The number of rotatable bonds is 3. The van der Waals surface area contributed by atoms with Crippen LogP contribution in [0.5, 0.6) is 0 Å². The van der Waals surface area contributed by atoms with Crippen molar-refractivity contribution in [2.75, 3.05) is 5.75 Å². The van der Waals surface area contributed by atoms with Crippen molar-refractivity contribution in [3.8, 4) is 0 Å². The van der Waals surface area contributed by atoms with E-state index in [9.17, 15) is 12.3 Å². The van der Waals surface area contributed by atoms with Crippen LogP contribution in [0.3, 0.4) is 0 Å². The molecule has 0 aromatic carbocycles. The zero-order chi connectivity index (χ0) is 8.32. The van der Waals surface area contributed by atoms with E-state index >= 15 is 0 Å². The van der Waals surface area contributed by atoms with E-state index in [1.165, 1.54) is 0 Å². The van der Waals surface area contributed by atoms with Gasteiger partial charge in [0.2, 0.25) is 0 Å². The van der Waals surface area contributed by atoms with Gasteiger partial charge in [-0.05, 0) is 12.1 Å². The maximum Gasteiger partial charge on any atom is 0.302 e. The predicted octanol–water partition coefficient (Wildman–Crippen LogP) is 0.857. The van der Waals surface area contributed by atoms with Gasteiger partial charge in [0.25, 0.3) is 0 Å². The molecule has 1 aromatic heterocycles. The maximum absolute atomic E-state index is 11.9. The van der Waals surface area contributed by atoms with Crippen molar-refractivity contribution in [1.82, 2.24) is 4.98 Å². The van der Waals surface area contributed by atoms with Crippen LogP contribution >= 0.6 is 0 Å². The van der Waals surface area contributed by atoms with Crippen LogP contribution < -0.4 is 0 Å². The van der Waals surface area contributed by atoms with Crippen molar-refractivity contribution >= 4 is 10.2 Å². The Morgan fingerprint density at radius 1 is 1.55 bits per heavy atom. The van der Waals surface area contributed by atoms with Gasteiger partial charge < -0.3 is 4.98 Å². The molecule has 1 heterocycles. The zero-order valence-corrected chi connectivity index (χ0v) is 6.57. The van der Waals surface area contributed by atoms with Crippen molar-refractivity contribution in [3.05, 3.63) is 24.0 Å². The van der Waals surface area contributed by atoms with Gasteiger partial charge in [-0.15, -0.1) is 3.89 Å². The summed E-state index contributed by atoms with van der Waals surface area (Å²) in [7, 11) is -4.32. The lowest BCUT2D eigenvalue weighted by Crippen LogP contribution is -2.01. The highest BCUT2D eigenvalue weighted by Gasteiger charge is 2.06. The third-order valence-electron chi connectivity index (χ3n) is 1.28. The van der Waals surface area contributed by atoms with Gasteiger partial charge in [0.15, 0.2) is 0 Å². The quantitative estimate of drug-likeness (QED) is 0.696. The van der Waals surface area contributed by atoms with E-state index in [0.29, 0.717) is 0 Å². The molecule has 0 aliphatic rings. The number of aryl methyl sites for hydroxylation is 1. The summed E-state index contributed by atoms with van der Waals surface area (Å²) in [6, 6.07) is 3.45. The minimum atomic E-state index is -4.32. The highest BCUT2D eigenvalue weighted by atomic mass is 32.3. The number of halogens is 1. The second-order valence-corrected chi connectivity index (χ2v) is 3.67. The first-order valence-electron chi connectivity index (χ1n) is 3.12. The van der Waals surface area contributed by atoms with Crippen molar-refractivity contribution in [1.29, 1.82) is 0 Å². The summed E-state index contributed by atoms with van der Waals surface area (Å²) in [6.07, 6.45) is 1.87. The average Bonchev–Trinajstić information content (AvgIpc) is 2.32. The molecule has 0 radical (unpaired) electrons. The van der Waals surface area contributed by atoms with Gasteiger partial charge in [0.1, 0.15) is 0 Å². The molecule has 0 saturated carbocycles. The lowest BCUT2D eigenvalue weighted by molar-refractivity contribution is 0.551. The Kier molecular flexibility index (Phi) is 2.28. The van der Waals surface area contributed by atoms with Crippen LogP contribution in [0.25, 0.3) is 0 Å². The normalized spacial score (nSPS) is 11.7. The molecule has 0 bridgehead atoms. The number of H-pyrrole nitrogens is 1. The largest absolute Gasteiger partial charge is 0.365 e. The molecule has 0 unspecified atom stereocenters. The van der Waals surface area contributed by atoms with Crippen LogP contribution in [-0.2, 0) is 16.6 Å². The SMILES string of the molecule is O=S(=O)(F)CCc1ccc[nH]1. The Labute approximate surface area is 64.5 Å². The molecule has 1 rings (SSSR count). The molecule has 1 N–H and O–H groups in total. The van der Waals surface area contributed by atoms with E-state index in [1.807, 2.05) is 0 Å². The van der Waals surface area contributed by atoms with E-state index in [2.05, 4.69) is 4.98 Å². The lowest BCUT2D eigenvalue weighted by atomic mass is 10.3. The van der Waals surface area contributed by atoms with E-state index < -0.39 is 16.0 Å². The molecule has 1 aromatic rings. The zero-order valence-electron chi connectivity index (χ0n) is 5.75. The topological polar surface area (TPSA) is 49.9 Å². The Balaban J connectivity index is 2.48. The molecule has 0 saturated heterocycles. The first-order chi connectivity index (χ1) is 5.08. The van der Waals surface area contributed by atoms with Crippen LogP contribution in [0.1, 0.15) is 5.69 Å². The molecule has 0 aliphatic carbocycles. The molecule has 5 heteroatoms. The molecule has 11 heavy (non-hydrogen) atoms. The second-order valence-electron chi connectivity index (χ2n) is 2.19. The molecular formula is C6H8FNO2S. The van der Waals surface area contributed by atoms with Gasteiger partial charge in [-0.2, -0.15) is 8.42 Å². The lowest BCUT2D eigenvalue weighted by Gasteiger charge is -1.91. The Bertz CT molecular complexity index is 303. The Morgan fingerprint density at radius 2 is 2.27 bits per heavy atom. The minimum absolute atomic E-state index is 0.200. The summed E-state index contributed by atoms with van der Waals surface area (Å²) in [5, 5.41) is 0. The molecule has 0 fully saturated rings. The standard InChI is InChI=1S/C6H8FNO2S/c7-11(9,10)5-3-6-2-1-4-8-6/h1-2,4,8H,3,5H2. The number of hydrogen-bond acceptors (Lipinski definition) is 2. The first kappa shape index (κ1) is 8.26. The van der Waals surface area contributed by atoms with E-state index in [1.54, 1.807) is 18.3 Å². The van der Waals surface area contributed by atoms with Crippen molar-refractivity contribution < 1.29 is 12.3 Å². The van der Waals surface area contributed by atoms with Gasteiger partial charge in [-0.25, -0.2) is 0 Å².